The maximum Gasteiger partial charge on any atom is 0.309 e. The zero-order valence-corrected chi connectivity index (χ0v) is 23.4. The maximum atomic E-state index is 15.1. The van der Waals surface area contributed by atoms with Crippen LogP contribution < -0.4 is 0 Å². The number of carboxylic acids is 1. The van der Waals surface area contributed by atoms with Gasteiger partial charge in [-0.05, 0) is 106 Å². The second kappa shape index (κ2) is 14.4. The first-order valence-corrected chi connectivity index (χ1v) is 15.7. The van der Waals surface area contributed by atoms with E-state index in [2.05, 4.69) is 20.8 Å². The molecule has 2 unspecified atom stereocenters. The molecule has 0 aromatic carbocycles. The minimum Gasteiger partial charge on any atom is -0.481 e. The van der Waals surface area contributed by atoms with Gasteiger partial charge in [-0.1, -0.05) is 78.6 Å². The molecule has 0 heterocycles. The predicted molar refractivity (Wildman–Crippen MR) is 145 cm³/mol. The van der Waals surface area contributed by atoms with Crippen LogP contribution >= 0.6 is 0 Å². The van der Waals surface area contributed by atoms with Gasteiger partial charge in [0.25, 0.3) is 0 Å². The first-order chi connectivity index (χ1) is 16.9. The molecule has 3 fully saturated rings. The van der Waals surface area contributed by atoms with Crippen LogP contribution in [0.3, 0.4) is 0 Å². The van der Waals surface area contributed by atoms with Gasteiger partial charge in [-0.3, -0.25) is 4.79 Å². The Balaban J connectivity index is 1.33. The van der Waals surface area contributed by atoms with Crippen LogP contribution in [0.25, 0.3) is 0 Å². The molecular weight excluding hydrogens is 435 g/mol. The Morgan fingerprint density at radius 3 is 1.69 bits per heavy atom. The molecule has 0 aromatic rings. The Labute approximate surface area is 216 Å². The summed E-state index contributed by atoms with van der Waals surface area (Å²) >= 11 is 0. The summed E-state index contributed by atoms with van der Waals surface area (Å²) < 4.78 is 15.1. The largest absolute Gasteiger partial charge is 0.481 e. The van der Waals surface area contributed by atoms with Crippen LogP contribution in [0.5, 0.6) is 0 Å². The van der Waals surface area contributed by atoms with E-state index in [1.54, 1.807) is 0 Å². The fourth-order valence-corrected chi connectivity index (χ4v) is 8.18. The summed E-state index contributed by atoms with van der Waals surface area (Å²) in [5, 5.41) is 9.96. The van der Waals surface area contributed by atoms with Crippen LogP contribution in [0.4, 0.5) is 4.39 Å². The predicted octanol–water partition coefficient (Wildman–Crippen LogP) is 10.00. The average Bonchev–Trinajstić information content (AvgIpc) is 2.88. The molecule has 0 spiro atoms. The Hall–Kier alpha value is -0.600. The molecule has 0 aromatic heterocycles. The second-order valence-corrected chi connectivity index (χ2v) is 13.3. The van der Waals surface area contributed by atoms with E-state index in [0.29, 0.717) is 18.8 Å². The lowest BCUT2D eigenvalue weighted by molar-refractivity contribution is -0.152. The molecule has 3 saturated carbocycles. The quantitative estimate of drug-likeness (QED) is 0.278. The first-order valence-electron chi connectivity index (χ1n) is 15.7. The molecule has 0 saturated heterocycles. The van der Waals surface area contributed by atoms with Crippen LogP contribution in [-0.2, 0) is 4.79 Å². The zero-order valence-electron chi connectivity index (χ0n) is 23.4. The molecule has 2 nitrogen and oxygen atoms in total. The summed E-state index contributed by atoms with van der Waals surface area (Å²) in [5.41, 5.74) is -0.664. The van der Waals surface area contributed by atoms with Gasteiger partial charge >= 0.3 is 5.97 Å². The van der Waals surface area contributed by atoms with Crippen LogP contribution in [0.15, 0.2) is 0 Å². The molecule has 3 aliphatic rings. The number of hydrogen-bond donors (Lipinski definition) is 1. The highest BCUT2D eigenvalue weighted by Gasteiger charge is 2.42. The average molecular weight is 493 g/mol. The Morgan fingerprint density at radius 2 is 1.23 bits per heavy atom. The van der Waals surface area contributed by atoms with Crippen molar-refractivity contribution in [3.63, 3.8) is 0 Å². The van der Waals surface area contributed by atoms with E-state index in [0.717, 1.165) is 55.8 Å². The van der Waals surface area contributed by atoms with E-state index >= 15 is 4.39 Å². The van der Waals surface area contributed by atoms with E-state index in [4.69, 9.17) is 0 Å². The van der Waals surface area contributed by atoms with Gasteiger partial charge in [0.2, 0.25) is 0 Å². The molecule has 3 rings (SSSR count). The summed E-state index contributed by atoms with van der Waals surface area (Å²) in [6, 6.07) is 0. The van der Waals surface area contributed by atoms with Crippen molar-refractivity contribution < 1.29 is 14.3 Å². The van der Waals surface area contributed by atoms with E-state index in [-0.39, 0.29) is 5.92 Å². The summed E-state index contributed by atoms with van der Waals surface area (Å²) in [4.78, 5) is 12.1. The number of halogens is 1. The third-order valence-electron chi connectivity index (χ3n) is 10.9. The Morgan fingerprint density at radius 1 is 0.771 bits per heavy atom. The van der Waals surface area contributed by atoms with Gasteiger partial charge in [0.05, 0.1) is 5.41 Å². The molecule has 204 valence electrons. The molecule has 3 heteroatoms. The topological polar surface area (TPSA) is 37.3 Å². The molecule has 3 aliphatic carbocycles. The first kappa shape index (κ1) is 29.0. The SMILES string of the molecule is CCCC1CCC(C2CCC(CCC(C)C(F)CCC3(C(=O)O)CCC(CCC)CC3)CC2)CC1. The standard InChI is InChI=1S/C32H57FO2/c1-4-6-25-10-14-28(15-11-25)29-16-12-27(13-17-29)9-8-24(3)30(33)20-23-32(31(34)35)21-18-26(7-5-2)19-22-32/h24-30H,4-23H2,1-3H3,(H,34,35). The lowest BCUT2D eigenvalue weighted by atomic mass is 9.66. The van der Waals surface area contributed by atoms with E-state index in [1.165, 1.54) is 83.5 Å². The lowest BCUT2D eigenvalue weighted by Gasteiger charge is -2.38. The summed E-state index contributed by atoms with van der Waals surface area (Å²) in [5.74, 6) is 3.79. The van der Waals surface area contributed by atoms with E-state index in [1.807, 2.05) is 0 Å². The van der Waals surface area contributed by atoms with E-state index in [9.17, 15) is 9.90 Å². The number of hydrogen-bond acceptors (Lipinski definition) is 1. The fraction of sp³-hybridized carbons (Fsp3) is 0.969. The molecule has 0 aliphatic heterocycles. The Kier molecular flexibility index (Phi) is 11.9. The van der Waals surface area contributed by atoms with Crippen LogP contribution in [0, 0.1) is 40.9 Å². The zero-order chi connectivity index (χ0) is 25.3. The molecule has 35 heavy (non-hydrogen) atoms. The van der Waals surface area contributed by atoms with Gasteiger partial charge in [0, 0.05) is 0 Å². The van der Waals surface area contributed by atoms with Crippen molar-refractivity contribution >= 4 is 5.97 Å². The fourth-order valence-electron chi connectivity index (χ4n) is 8.18. The highest BCUT2D eigenvalue weighted by atomic mass is 19.1. The molecule has 2 atom stereocenters. The number of carbonyl (C=O) groups is 1. The van der Waals surface area contributed by atoms with Crippen LogP contribution in [0.2, 0.25) is 0 Å². The maximum absolute atomic E-state index is 15.1. The number of rotatable bonds is 13. The van der Waals surface area contributed by atoms with Crippen molar-refractivity contribution in [2.75, 3.05) is 0 Å². The third-order valence-corrected chi connectivity index (χ3v) is 10.9. The molecule has 0 amide bonds. The van der Waals surface area contributed by atoms with Crippen molar-refractivity contribution in [1.29, 1.82) is 0 Å². The van der Waals surface area contributed by atoms with Gasteiger partial charge < -0.3 is 5.11 Å². The summed E-state index contributed by atoms with van der Waals surface area (Å²) in [7, 11) is 0. The van der Waals surface area contributed by atoms with Gasteiger partial charge in [0.15, 0.2) is 0 Å². The smallest absolute Gasteiger partial charge is 0.309 e. The number of alkyl halides is 1. The van der Waals surface area contributed by atoms with Crippen LogP contribution in [-0.4, -0.2) is 17.2 Å². The molecule has 0 radical (unpaired) electrons. The number of aliphatic carboxylic acids is 1. The molecule has 0 bridgehead atoms. The Bertz CT molecular complexity index is 595. The van der Waals surface area contributed by atoms with Crippen molar-refractivity contribution in [2.24, 2.45) is 40.9 Å². The minimum absolute atomic E-state index is 0.0591. The summed E-state index contributed by atoms with van der Waals surface area (Å²) in [6.07, 6.45) is 22.3. The van der Waals surface area contributed by atoms with Gasteiger partial charge in [0.1, 0.15) is 6.17 Å². The van der Waals surface area contributed by atoms with Crippen molar-refractivity contribution in [3.05, 3.63) is 0 Å². The van der Waals surface area contributed by atoms with Gasteiger partial charge in [-0.2, -0.15) is 0 Å². The van der Waals surface area contributed by atoms with Crippen LogP contribution in [0.1, 0.15) is 149 Å². The molecular formula is C32H57FO2. The normalized spacial score (nSPS) is 35.9. The van der Waals surface area contributed by atoms with Gasteiger partial charge in [-0.15, -0.1) is 0 Å². The van der Waals surface area contributed by atoms with Crippen molar-refractivity contribution in [3.8, 4) is 0 Å². The van der Waals surface area contributed by atoms with Gasteiger partial charge in [-0.25, -0.2) is 4.39 Å². The minimum atomic E-state index is -0.853. The highest BCUT2D eigenvalue weighted by Crippen LogP contribution is 2.46. The summed E-state index contributed by atoms with van der Waals surface area (Å²) in [6.45, 7) is 6.60. The van der Waals surface area contributed by atoms with Crippen molar-refractivity contribution in [2.45, 2.75) is 155 Å². The van der Waals surface area contributed by atoms with Crippen molar-refractivity contribution in [1.82, 2.24) is 0 Å². The number of carboxylic acid groups (broad SMARTS) is 1. The monoisotopic (exact) mass is 492 g/mol. The highest BCUT2D eigenvalue weighted by molar-refractivity contribution is 5.74. The van der Waals surface area contributed by atoms with E-state index < -0.39 is 17.6 Å². The second-order valence-electron chi connectivity index (χ2n) is 13.3. The lowest BCUT2D eigenvalue weighted by Crippen LogP contribution is -2.36. The third kappa shape index (κ3) is 8.46. The molecule has 1 N–H and O–H groups in total.